The van der Waals surface area contributed by atoms with Crippen molar-refractivity contribution in [1.82, 2.24) is 62.6 Å². The third kappa shape index (κ3) is 32.4. The molecule has 3 aliphatic heterocycles. The lowest BCUT2D eigenvalue weighted by Crippen LogP contribution is -2.41. The first kappa shape index (κ1) is 104. The van der Waals surface area contributed by atoms with Crippen LogP contribution in [0.3, 0.4) is 0 Å². The predicted octanol–water partition coefficient (Wildman–Crippen LogP) is 10.5. The molecular weight excluding hydrogens is 1770 g/mol. The van der Waals surface area contributed by atoms with Crippen LogP contribution in [0.1, 0.15) is 186 Å². The molecule has 0 saturated carbocycles. The molecular formula is C87H136N19O23P3. The van der Waals surface area contributed by atoms with Gasteiger partial charge in [-0.15, -0.1) is 0 Å². The van der Waals surface area contributed by atoms with E-state index in [0.29, 0.717) is 47.1 Å². The van der Waals surface area contributed by atoms with Crippen molar-refractivity contribution in [3.63, 3.8) is 0 Å². The highest BCUT2D eigenvalue weighted by molar-refractivity contribution is 7.45. The van der Waals surface area contributed by atoms with Gasteiger partial charge in [0.05, 0.1) is 31.0 Å². The van der Waals surface area contributed by atoms with Gasteiger partial charge in [0.1, 0.15) is 68.6 Å². The summed E-state index contributed by atoms with van der Waals surface area (Å²) in [7, 11) is -1.16. The molecule has 8 heterocycles. The monoisotopic (exact) mass is 1920 g/mol. The second-order valence-corrected chi connectivity index (χ2v) is 35.5. The number of aliphatic hydroxyl groups excluding tert-OH is 6. The molecule has 15 atom stereocenters. The lowest BCUT2D eigenvalue weighted by Gasteiger charge is -2.37. The van der Waals surface area contributed by atoms with Crippen molar-refractivity contribution in [2.45, 2.75) is 254 Å². The highest BCUT2D eigenvalue weighted by Gasteiger charge is 2.52. The number of aromatic nitrogens is 10. The first-order valence-corrected chi connectivity index (χ1v) is 46.5. The number of hydrogen-bond donors (Lipinski definition) is 10. The average Bonchev–Trinajstić information content (AvgIpc) is 1.61. The number of benzene rings is 2. The van der Waals surface area contributed by atoms with E-state index in [1.165, 1.54) is 55.6 Å². The number of aromatic amines is 1. The number of aryl methyl sites for hydroxylation is 1. The second kappa shape index (κ2) is 59.4. The maximum atomic E-state index is 13.3. The first-order chi connectivity index (χ1) is 66.2. The van der Waals surface area contributed by atoms with Crippen molar-refractivity contribution in [3.8, 4) is 0 Å². The van der Waals surface area contributed by atoms with E-state index in [-0.39, 0.29) is 183 Å². The molecule has 0 spiro atoms. The van der Waals surface area contributed by atoms with Gasteiger partial charge in [-0.2, -0.15) is 9.97 Å². The number of ether oxygens (including phenoxy) is 6. The van der Waals surface area contributed by atoms with Crippen LogP contribution in [0.5, 0.6) is 0 Å². The number of carbonyl (C=O) groups is 3. The van der Waals surface area contributed by atoms with Crippen molar-refractivity contribution >= 4 is 83.2 Å². The van der Waals surface area contributed by atoms with E-state index < -0.39 is 116 Å². The minimum absolute atomic E-state index is 0.0326. The Kier molecular flexibility index (Phi) is 46.8. The Hall–Kier alpha value is -8.45. The van der Waals surface area contributed by atoms with E-state index >= 15 is 0 Å². The predicted molar refractivity (Wildman–Crippen MR) is 500 cm³/mol. The normalized spacial score (nSPS) is 21.1. The number of anilines is 3. The Balaban J connectivity index is 0.000000349. The van der Waals surface area contributed by atoms with Gasteiger partial charge in [-0.3, -0.25) is 43.2 Å². The molecule has 732 valence electrons. The van der Waals surface area contributed by atoms with Crippen LogP contribution in [0.15, 0.2) is 95.4 Å². The van der Waals surface area contributed by atoms with Crippen LogP contribution in [0.25, 0.3) is 36.9 Å². The summed E-state index contributed by atoms with van der Waals surface area (Å²) in [6, 6.07) is 17.8. The molecule has 132 heavy (non-hydrogen) atoms. The van der Waals surface area contributed by atoms with Crippen LogP contribution in [0, 0.1) is 32.6 Å². The molecule has 0 bridgehead atoms. The van der Waals surface area contributed by atoms with Crippen molar-refractivity contribution < 1.29 is 105 Å². The van der Waals surface area contributed by atoms with Gasteiger partial charge in [0.15, 0.2) is 46.8 Å². The van der Waals surface area contributed by atoms with E-state index in [4.69, 9.17) is 83.7 Å². The number of H-pyrrole nitrogens is 1. The molecule has 10 rings (SSSR count). The Labute approximate surface area is 785 Å². The fraction of sp³-hybridized carbons (Fsp3) is 0.632. The summed E-state index contributed by atoms with van der Waals surface area (Å²) in [6.45, 7) is 51.9. The maximum Gasteiger partial charge on any atom is 0.351 e. The van der Waals surface area contributed by atoms with Crippen LogP contribution < -0.4 is 27.2 Å². The number of fused-ring (bicyclic) bond motifs is 2. The topological polar surface area (TPSA) is 484 Å². The molecule has 3 aliphatic rings. The van der Waals surface area contributed by atoms with Crippen LogP contribution in [-0.4, -0.2) is 307 Å². The first-order valence-electron chi connectivity index (χ1n) is 46.5. The maximum absolute atomic E-state index is 13.3. The number of rotatable bonds is 45. The molecule has 3 saturated heterocycles. The lowest BCUT2D eigenvalue weighted by atomic mass is 10.1. The van der Waals surface area contributed by atoms with Gasteiger partial charge in [0, 0.05) is 130 Å². The molecule has 42 nitrogen and oxygen atoms in total. The summed E-state index contributed by atoms with van der Waals surface area (Å²) in [6.07, 6.45) is -2.64. The summed E-state index contributed by atoms with van der Waals surface area (Å²) in [5, 5.41) is 46.9. The standard InChI is InChI=1S/C29H40N7O6P.C29H42N5O7P.C26H42N7O7P.3CH4O/c1-19(2)36(20(3)4)43(40-16-13-30-6)42-24-21(5)41-29(25(24)39-15-10-14-37)35-18-33-23-26(31-17-32-27(23)35)34-28(38)22-11-8-7-9-12-22;1-19(2)34(20(3)4)42(39-17-14-30-7)41-24-22(6)40-28(25(24)38-16-11-15-35)33-18-21(5)26(32-29(33)37)31-27(36)23-12-9-8-10-13-23;1-15(2)23(35)30-26-29-22-19(24(36)31-26)28-14-32(22)25-21(37-12-9-11-34)20(18(7)39-25)40-41(38-13-10-27-8)33(16(3)4)17(5)6;3*1-2/h7-9,11-12,17-21,24-25,29,37H,10,13-16H2,1-5H3,(H,31,32,34,38);8-10,12-13,18-20,22,24-25,28,35H,11,14-17H2,1-6H3,(H,31,32,36,37);14-18,20-21,25,34H,9-13H2,1-7H3,(H2,29,30,31,35,36);3*2H,1H3/t21-,24-,25-,29-,43?;22-,24-,25-,28-,42?;18-,20-,21-,25-,41?;;;/m111.../s1/i5D;6D;7D;3*2T. The minimum atomic E-state index is -1.70. The fourth-order valence-electron chi connectivity index (χ4n) is 13.7. The molecule has 0 aliphatic carbocycles. The number of aliphatic hydroxyl groups is 6. The molecule has 5 aromatic heterocycles. The molecule has 45 heteroatoms. The van der Waals surface area contributed by atoms with E-state index in [1.807, 2.05) is 89.2 Å². The molecule has 3 fully saturated rings. The molecule has 3 unspecified atom stereocenters. The molecule has 10 N–H and O–H groups in total. The van der Waals surface area contributed by atoms with Gasteiger partial charge in [-0.25, -0.2) is 58.5 Å². The Morgan fingerprint density at radius 2 is 0.879 bits per heavy atom. The zero-order chi connectivity index (χ0) is 102. The van der Waals surface area contributed by atoms with E-state index in [2.05, 4.69) is 94.7 Å². The van der Waals surface area contributed by atoms with Crippen molar-refractivity contribution in [2.24, 2.45) is 5.92 Å². The zero-order valence-electron chi connectivity index (χ0n) is 84.3. The number of amides is 3. The fourth-order valence-corrected chi connectivity index (χ4v) is 19.0. The highest BCUT2D eigenvalue weighted by Crippen LogP contribution is 2.54. The summed E-state index contributed by atoms with van der Waals surface area (Å²) in [5.74, 6) is -1.06. The van der Waals surface area contributed by atoms with Gasteiger partial charge in [-0.1, -0.05) is 50.2 Å². The smallest absolute Gasteiger partial charge is 0.351 e. The Morgan fingerprint density at radius 1 is 0.515 bits per heavy atom. The van der Waals surface area contributed by atoms with Gasteiger partial charge >= 0.3 is 5.69 Å². The van der Waals surface area contributed by atoms with Crippen molar-refractivity contribution in [1.29, 1.82) is 4.29 Å². The van der Waals surface area contributed by atoms with Gasteiger partial charge in [-0.05, 0) is 154 Å². The van der Waals surface area contributed by atoms with Gasteiger partial charge in [0.25, 0.3) is 43.0 Å². The summed E-state index contributed by atoms with van der Waals surface area (Å²) in [5.41, 5.74) is 1.15. The Morgan fingerprint density at radius 3 is 1.23 bits per heavy atom. The average molecular weight is 1920 g/mol. The Bertz CT molecular complexity index is 4930. The van der Waals surface area contributed by atoms with Crippen LogP contribution in [0.4, 0.5) is 17.6 Å². The van der Waals surface area contributed by atoms with Crippen LogP contribution >= 0.6 is 25.6 Å². The summed E-state index contributed by atoms with van der Waals surface area (Å²) in [4.78, 5) is 103. The molecule has 2 aromatic carbocycles. The largest absolute Gasteiger partial charge is 0.400 e. The second-order valence-electron chi connectivity index (χ2n) is 31.2. The third-order valence-electron chi connectivity index (χ3n) is 19.3. The number of carbonyl (C=O) groups excluding carboxylic acids is 3. The third-order valence-corrected chi connectivity index (χ3v) is 25.7. The molecule has 0 radical (unpaired) electrons. The molecule has 7 aromatic rings. The van der Waals surface area contributed by atoms with Crippen LogP contribution in [-0.2, 0) is 60.4 Å². The van der Waals surface area contributed by atoms with E-state index in [0.717, 1.165) is 0 Å². The van der Waals surface area contributed by atoms with Gasteiger partial charge < -0.3 is 111 Å². The minimum Gasteiger partial charge on any atom is -0.400 e. The van der Waals surface area contributed by atoms with Crippen molar-refractivity contribution in [2.75, 3.05) is 116 Å². The van der Waals surface area contributed by atoms with E-state index in [9.17, 15) is 39.3 Å². The SMILES string of the molecule is [2H]C[C@H]1O[C@@H](n2cc(C)c(NC(=O)c3ccccc3)nc2=O)[C@H](OCCCO)[C@@H]1OP(OCC[N+]#[C-])N(C(C)C)C(C)C.[2H]C[C@H]1O[C@@H](n2cnc3c(=O)[nH]c(NC(=O)C(C)C)nc32)[C@H](OCCCO)[C@@H]1OP(OCC[N+]#[C-])N(C(C)C)C(C)C.[2H]C[C@H]1O[C@@H](n2cnc3c(NC(=O)c4ccccc4)ncnc32)[C@H](OCCCO)[C@@H]1OP(OCC[N+]#[C-])N(C(C)C)C(C)C.[3H]OC.[3H]OC.[3H]OC. The molecule has 3 amide bonds. The zero-order valence-corrected chi connectivity index (χ0v) is 81.0. The number of hydrogen-bond acceptors (Lipinski definition) is 32. The summed E-state index contributed by atoms with van der Waals surface area (Å²) >= 11 is 0. The van der Waals surface area contributed by atoms with Crippen LogP contribution in [0.2, 0.25) is 0 Å². The van der Waals surface area contributed by atoms with Crippen molar-refractivity contribution in [3.05, 3.63) is 158 Å². The number of nitrogens with zero attached hydrogens (tertiary/aromatic N) is 15. The van der Waals surface area contributed by atoms with Gasteiger partial charge in [0.2, 0.25) is 35.8 Å². The highest BCUT2D eigenvalue weighted by atomic mass is 31.2. The summed E-state index contributed by atoms with van der Waals surface area (Å²) < 4.78 is 128. The number of imidazole rings is 2. The quantitative estimate of drug-likeness (QED) is 0.00963. The number of nitrogens with one attached hydrogen (secondary N) is 4. The van der Waals surface area contributed by atoms with E-state index in [1.54, 1.807) is 79.9 Å². The lowest BCUT2D eigenvalue weighted by molar-refractivity contribution is -0.119.